The number of nitrogens with zero attached hydrogens (tertiary/aromatic N) is 2. The molecule has 2 heterocycles. The number of aromatic nitrogens is 2. The number of pyridine rings is 2. The van der Waals surface area contributed by atoms with Crippen LogP contribution in [-0.2, 0) is 0 Å². The highest BCUT2D eigenvalue weighted by Crippen LogP contribution is 2.26. The molecule has 1 aliphatic rings. The highest BCUT2D eigenvalue weighted by Gasteiger charge is 2.16. The molecule has 0 saturated heterocycles. The maximum atomic E-state index is 5.59. The molecular weight excluding hydrogens is 236 g/mol. The number of nitrogen functional groups attached to an aromatic ring is 1. The Morgan fingerprint density at radius 3 is 2.79 bits per heavy atom. The monoisotopic (exact) mass is 254 g/mol. The zero-order valence-corrected chi connectivity index (χ0v) is 10.8. The Balaban J connectivity index is 1.73. The molecule has 3 N–H and O–H groups in total. The molecule has 0 aliphatic heterocycles. The fraction of sp³-hybridized carbons (Fsp3) is 0.333. The normalized spacial score (nSPS) is 14.9. The van der Waals surface area contributed by atoms with Gasteiger partial charge in [0, 0.05) is 18.3 Å². The maximum Gasteiger partial charge on any atom is 0.126 e. The summed E-state index contributed by atoms with van der Waals surface area (Å²) in [4.78, 5) is 8.71. The third-order valence-electron chi connectivity index (χ3n) is 3.63. The first kappa shape index (κ1) is 12.0. The molecule has 0 aromatic carbocycles. The number of hydrogen-bond donors (Lipinski definition) is 2. The molecule has 0 radical (unpaired) electrons. The third-order valence-corrected chi connectivity index (χ3v) is 3.63. The van der Waals surface area contributed by atoms with Gasteiger partial charge < -0.3 is 11.1 Å². The Labute approximate surface area is 113 Å². The largest absolute Gasteiger partial charge is 0.384 e. The fourth-order valence-corrected chi connectivity index (χ4v) is 2.20. The lowest BCUT2D eigenvalue weighted by Crippen LogP contribution is -2.21. The molecule has 98 valence electrons. The standard InChI is InChI=1S/C15H18N4/c16-14-8-7-12(10-17-14)13-5-2-6-15(19-13)18-9-11-3-1-4-11/h2,5-8,10-11H,1,3-4,9H2,(H2,16,17)(H,18,19). The van der Waals surface area contributed by atoms with Crippen molar-refractivity contribution in [3.63, 3.8) is 0 Å². The predicted octanol–water partition coefficient (Wildman–Crippen LogP) is 2.94. The van der Waals surface area contributed by atoms with Crippen molar-refractivity contribution < 1.29 is 0 Å². The number of hydrogen-bond acceptors (Lipinski definition) is 4. The van der Waals surface area contributed by atoms with Gasteiger partial charge in [-0.25, -0.2) is 9.97 Å². The van der Waals surface area contributed by atoms with E-state index in [1.807, 2.05) is 24.3 Å². The topological polar surface area (TPSA) is 63.8 Å². The molecule has 0 spiro atoms. The highest BCUT2D eigenvalue weighted by atomic mass is 15.0. The summed E-state index contributed by atoms with van der Waals surface area (Å²) in [6.07, 6.45) is 5.81. The highest BCUT2D eigenvalue weighted by molar-refractivity contribution is 5.61. The number of nitrogens with one attached hydrogen (secondary N) is 1. The lowest BCUT2D eigenvalue weighted by molar-refractivity contribution is 0.333. The Hall–Kier alpha value is -2.10. The summed E-state index contributed by atoms with van der Waals surface area (Å²) < 4.78 is 0. The second kappa shape index (κ2) is 5.26. The van der Waals surface area contributed by atoms with Crippen LogP contribution in [0.1, 0.15) is 19.3 Å². The second-order valence-corrected chi connectivity index (χ2v) is 5.06. The van der Waals surface area contributed by atoms with Gasteiger partial charge in [0.1, 0.15) is 11.6 Å². The van der Waals surface area contributed by atoms with Crippen molar-refractivity contribution in [1.29, 1.82) is 0 Å². The molecule has 0 amide bonds. The van der Waals surface area contributed by atoms with Gasteiger partial charge in [-0.3, -0.25) is 0 Å². The van der Waals surface area contributed by atoms with E-state index < -0.39 is 0 Å². The smallest absolute Gasteiger partial charge is 0.126 e. The van der Waals surface area contributed by atoms with Crippen LogP contribution in [0.3, 0.4) is 0 Å². The van der Waals surface area contributed by atoms with Crippen molar-refractivity contribution in [2.45, 2.75) is 19.3 Å². The van der Waals surface area contributed by atoms with Gasteiger partial charge in [-0.1, -0.05) is 12.5 Å². The number of rotatable bonds is 4. The molecule has 4 heteroatoms. The molecule has 4 nitrogen and oxygen atoms in total. The Kier molecular flexibility index (Phi) is 3.31. The SMILES string of the molecule is Nc1ccc(-c2cccc(NCC3CCC3)n2)cn1. The first-order chi connectivity index (χ1) is 9.31. The average molecular weight is 254 g/mol. The van der Waals surface area contributed by atoms with E-state index in [-0.39, 0.29) is 0 Å². The molecule has 0 atom stereocenters. The molecule has 0 unspecified atom stereocenters. The minimum absolute atomic E-state index is 0.531. The maximum absolute atomic E-state index is 5.59. The van der Waals surface area contributed by atoms with Crippen LogP contribution in [0.25, 0.3) is 11.3 Å². The van der Waals surface area contributed by atoms with Crippen molar-refractivity contribution in [1.82, 2.24) is 9.97 Å². The molecule has 0 bridgehead atoms. The van der Waals surface area contributed by atoms with Crippen molar-refractivity contribution in [2.75, 3.05) is 17.6 Å². The van der Waals surface area contributed by atoms with E-state index >= 15 is 0 Å². The lowest BCUT2D eigenvalue weighted by atomic mass is 9.85. The zero-order valence-electron chi connectivity index (χ0n) is 10.8. The summed E-state index contributed by atoms with van der Waals surface area (Å²) in [5.74, 6) is 2.29. The van der Waals surface area contributed by atoms with Crippen LogP contribution in [-0.4, -0.2) is 16.5 Å². The van der Waals surface area contributed by atoms with Gasteiger partial charge in [-0.05, 0) is 43.0 Å². The van der Waals surface area contributed by atoms with Crippen molar-refractivity contribution in [3.05, 3.63) is 36.5 Å². The van der Waals surface area contributed by atoms with Crippen LogP contribution in [0.4, 0.5) is 11.6 Å². The summed E-state index contributed by atoms with van der Waals surface area (Å²) in [5, 5.41) is 3.41. The summed E-state index contributed by atoms with van der Waals surface area (Å²) in [6.45, 7) is 1.02. The first-order valence-corrected chi connectivity index (χ1v) is 6.74. The van der Waals surface area contributed by atoms with Crippen LogP contribution in [0, 0.1) is 5.92 Å². The Bertz CT molecular complexity index is 546. The van der Waals surface area contributed by atoms with E-state index in [0.717, 1.165) is 29.5 Å². The molecule has 2 aromatic heterocycles. The molecule has 1 aliphatic carbocycles. The Morgan fingerprint density at radius 2 is 2.11 bits per heavy atom. The minimum atomic E-state index is 0.531. The van der Waals surface area contributed by atoms with Gasteiger partial charge in [0.25, 0.3) is 0 Å². The quantitative estimate of drug-likeness (QED) is 0.880. The van der Waals surface area contributed by atoms with E-state index in [1.54, 1.807) is 12.3 Å². The zero-order chi connectivity index (χ0) is 13.1. The summed E-state index contributed by atoms with van der Waals surface area (Å²) in [5.41, 5.74) is 7.50. The predicted molar refractivity (Wildman–Crippen MR) is 77.7 cm³/mol. The van der Waals surface area contributed by atoms with Crippen LogP contribution >= 0.6 is 0 Å². The molecule has 1 fully saturated rings. The van der Waals surface area contributed by atoms with Gasteiger partial charge >= 0.3 is 0 Å². The average Bonchev–Trinajstić information content (AvgIpc) is 2.38. The summed E-state index contributed by atoms with van der Waals surface area (Å²) in [7, 11) is 0. The van der Waals surface area contributed by atoms with E-state index in [1.165, 1.54) is 19.3 Å². The van der Waals surface area contributed by atoms with Crippen molar-refractivity contribution in [2.24, 2.45) is 5.92 Å². The second-order valence-electron chi connectivity index (χ2n) is 5.06. The van der Waals surface area contributed by atoms with Crippen LogP contribution in [0.15, 0.2) is 36.5 Å². The molecule has 19 heavy (non-hydrogen) atoms. The number of anilines is 2. The molecule has 2 aromatic rings. The Morgan fingerprint density at radius 1 is 1.21 bits per heavy atom. The minimum Gasteiger partial charge on any atom is -0.384 e. The van der Waals surface area contributed by atoms with Crippen LogP contribution in [0.5, 0.6) is 0 Å². The molecule has 3 rings (SSSR count). The van der Waals surface area contributed by atoms with Crippen molar-refractivity contribution in [3.8, 4) is 11.3 Å². The van der Waals surface area contributed by atoms with Crippen LogP contribution in [0.2, 0.25) is 0 Å². The molecule has 1 saturated carbocycles. The van der Waals surface area contributed by atoms with E-state index in [4.69, 9.17) is 5.73 Å². The third kappa shape index (κ3) is 2.84. The lowest BCUT2D eigenvalue weighted by Gasteiger charge is -2.25. The van der Waals surface area contributed by atoms with Gasteiger partial charge in [-0.15, -0.1) is 0 Å². The fourth-order valence-electron chi connectivity index (χ4n) is 2.20. The van der Waals surface area contributed by atoms with E-state index in [2.05, 4.69) is 15.3 Å². The summed E-state index contributed by atoms with van der Waals surface area (Å²) >= 11 is 0. The van der Waals surface area contributed by atoms with E-state index in [9.17, 15) is 0 Å². The molecular formula is C15H18N4. The van der Waals surface area contributed by atoms with Gasteiger partial charge in [0.15, 0.2) is 0 Å². The van der Waals surface area contributed by atoms with Gasteiger partial charge in [0.2, 0.25) is 0 Å². The number of nitrogens with two attached hydrogens (primary N) is 1. The summed E-state index contributed by atoms with van der Waals surface area (Å²) in [6, 6.07) is 9.75. The van der Waals surface area contributed by atoms with E-state index in [0.29, 0.717) is 5.82 Å². The first-order valence-electron chi connectivity index (χ1n) is 6.74. The van der Waals surface area contributed by atoms with Gasteiger partial charge in [-0.2, -0.15) is 0 Å². The van der Waals surface area contributed by atoms with Gasteiger partial charge in [0.05, 0.1) is 5.69 Å². The van der Waals surface area contributed by atoms with Crippen molar-refractivity contribution >= 4 is 11.6 Å². The van der Waals surface area contributed by atoms with Crippen LogP contribution < -0.4 is 11.1 Å².